The van der Waals surface area contributed by atoms with Crippen molar-refractivity contribution < 1.29 is 45.3 Å². The zero-order valence-electron chi connectivity index (χ0n) is 30.0. The van der Waals surface area contributed by atoms with Gasteiger partial charge in [-0.2, -0.15) is 15.2 Å². The molecule has 3 heterocycles. The molecule has 3 fully saturated rings. The molecule has 3 rings (SSSR count). The van der Waals surface area contributed by atoms with Crippen LogP contribution in [0.3, 0.4) is 0 Å². The number of aliphatic carboxylic acids is 3. The molecule has 0 saturated carbocycles. The van der Waals surface area contributed by atoms with Gasteiger partial charge in [-0.15, -0.1) is 0 Å². The van der Waals surface area contributed by atoms with Crippen molar-refractivity contribution in [1.82, 2.24) is 20.1 Å². The Bertz CT molecular complexity index is 1100. The van der Waals surface area contributed by atoms with E-state index in [9.17, 15) is 45.3 Å². The van der Waals surface area contributed by atoms with Gasteiger partial charge in [0.1, 0.15) is 11.6 Å². The van der Waals surface area contributed by atoms with Crippen molar-refractivity contribution in [2.24, 2.45) is 17.8 Å². The minimum absolute atomic E-state index is 0.147. The molecule has 0 spiro atoms. The first-order valence-corrected chi connectivity index (χ1v) is 16.4. The second-order valence-electron chi connectivity index (χ2n) is 18.1. The number of carboxylic acids is 3. The van der Waals surface area contributed by atoms with Crippen molar-refractivity contribution in [2.45, 2.75) is 166 Å². The number of hydrogen-bond acceptors (Lipinski definition) is 10. The maximum Gasteiger partial charge on any atom is 0.324 e. The average molecular weight is 657 g/mol. The summed E-state index contributed by atoms with van der Waals surface area (Å²) >= 11 is 0. The lowest BCUT2D eigenvalue weighted by Gasteiger charge is -2.63. The van der Waals surface area contributed by atoms with Gasteiger partial charge in [0.05, 0.1) is 6.54 Å². The summed E-state index contributed by atoms with van der Waals surface area (Å²) < 4.78 is 0. The van der Waals surface area contributed by atoms with Gasteiger partial charge < -0.3 is 30.9 Å². The molecule has 0 amide bonds. The van der Waals surface area contributed by atoms with Crippen LogP contribution < -0.4 is 0 Å². The fraction of sp³-hybridized carbons (Fsp3) is 0.909. The second-order valence-corrected chi connectivity index (χ2v) is 18.1. The molecule has 3 aliphatic heterocycles. The zero-order chi connectivity index (χ0) is 35.8. The summed E-state index contributed by atoms with van der Waals surface area (Å²) in [7, 11) is 0. The van der Waals surface area contributed by atoms with E-state index in [4.69, 9.17) is 0 Å². The molecule has 6 N–H and O–H groups in total. The van der Waals surface area contributed by atoms with Crippen LogP contribution in [0.25, 0.3) is 0 Å². The fourth-order valence-electron chi connectivity index (χ4n) is 10.2. The number of hydroxylamine groups is 6. The first-order chi connectivity index (χ1) is 20.5. The van der Waals surface area contributed by atoms with Gasteiger partial charge >= 0.3 is 17.9 Å². The Labute approximate surface area is 274 Å². The summed E-state index contributed by atoms with van der Waals surface area (Å²) in [5.41, 5.74) is -7.55. The zero-order valence-corrected chi connectivity index (χ0v) is 30.0. The van der Waals surface area contributed by atoms with Crippen LogP contribution in [-0.4, -0.2) is 120 Å². The predicted octanol–water partition coefficient (Wildman–Crippen LogP) is 4.62. The Kier molecular flexibility index (Phi) is 10.00. The van der Waals surface area contributed by atoms with Crippen LogP contribution in [-0.2, 0) is 14.4 Å². The van der Waals surface area contributed by atoms with Crippen molar-refractivity contribution in [1.29, 1.82) is 0 Å². The maximum absolute atomic E-state index is 14.3. The minimum Gasteiger partial charge on any atom is -0.480 e. The lowest BCUT2D eigenvalue weighted by atomic mass is 9.56. The molecule has 1 unspecified atom stereocenters. The first kappa shape index (κ1) is 38.6. The standard InChI is InChI=1S/C33H60N4O9/c1-27(2)13-20(14-28(3,4)35(27)44)24(25(40)41)34(19-23(38)39)33(26(42)43,21-15-29(5,6)36(45)30(7,8)16-21)22-17-31(9,10)37(46)32(11,12)18-22/h20-22,24,44-46H,13-19H2,1-12H3,(H,38,39)(H,40,41)(H,42,43). The molecular formula is C33H60N4O9. The molecule has 0 bridgehead atoms. The van der Waals surface area contributed by atoms with Crippen molar-refractivity contribution in [2.75, 3.05) is 6.54 Å². The fourth-order valence-corrected chi connectivity index (χ4v) is 10.2. The van der Waals surface area contributed by atoms with Gasteiger partial charge in [0.15, 0.2) is 0 Å². The van der Waals surface area contributed by atoms with Crippen LogP contribution in [0.15, 0.2) is 0 Å². The highest BCUT2D eigenvalue weighted by Gasteiger charge is 2.66. The van der Waals surface area contributed by atoms with Crippen LogP contribution in [0.4, 0.5) is 0 Å². The third kappa shape index (κ3) is 6.57. The van der Waals surface area contributed by atoms with Gasteiger partial charge in [0.25, 0.3) is 0 Å². The third-order valence-corrected chi connectivity index (χ3v) is 11.4. The van der Waals surface area contributed by atoms with Gasteiger partial charge in [-0.25, -0.2) is 0 Å². The number of rotatable bonds is 9. The van der Waals surface area contributed by atoms with Gasteiger partial charge in [-0.1, -0.05) is 0 Å². The van der Waals surface area contributed by atoms with Crippen LogP contribution in [0.5, 0.6) is 0 Å². The molecule has 1 atom stereocenters. The third-order valence-electron chi connectivity index (χ3n) is 11.4. The molecule has 0 aliphatic carbocycles. The van der Waals surface area contributed by atoms with Gasteiger partial charge in [0.2, 0.25) is 0 Å². The normalized spacial score (nSPS) is 28.2. The monoisotopic (exact) mass is 656 g/mol. The van der Waals surface area contributed by atoms with Crippen molar-refractivity contribution in [3.63, 3.8) is 0 Å². The Hall–Kier alpha value is -1.87. The second kappa shape index (κ2) is 11.9. The molecule has 266 valence electrons. The lowest BCUT2D eigenvalue weighted by molar-refractivity contribution is -0.281. The Balaban J connectivity index is 2.44. The van der Waals surface area contributed by atoms with Crippen molar-refractivity contribution >= 4 is 17.9 Å². The summed E-state index contributed by atoms with van der Waals surface area (Å²) in [5.74, 6) is -6.30. The first-order valence-electron chi connectivity index (χ1n) is 16.4. The van der Waals surface area contributed by atoms with Gasteiger partial charge in [-0.05, 0) is 139 Å². The van der Waals surface area contributed by atoms with E-state index < -0.39 is 87.0 Å². The summed E-state index contributed by atoms with van der Waals surface area (Å²) in [4.78, 5) is 42.0. The smallest absolute Gasteiger partial charge is 0.324 e. The molecule has 0 radical (unpaired) electrons. The van der Waals surface area contributed by atoms with E-state index in [-0.39, 0.29) is 38.5 Å². The molecule has 46 heavy (non-hydrogen) atoms. The van der Waals surface area contributed by atoms with Crippen LogP contribution in [0.2, 0.25) is 0 Å². The highest BCUT2D eigenvalue weighted by atomic mass is 16.5. The molecule has 0 aromatic heterocycles. The van der Waals surface area contributed by atoms with Crippen LogP contribution in [0, 0.1) is 17.8 Å². The molecule has 3 saturated heterocycles. The van der Waals surface area contributed by atoms with E-state index in [1.54, 1.807) is 83.1 Å². The highest BCUT2D eigenvalue weighted by molar-refractivity contribution is 5.84. The van der Waals surface area contributed by atoms with Crippen LogP contribution in [0.1, 0.15) is 122 Å². The molecule has 0 aromatic rings. The minimum atomic E-state index is -2.03. The predicted molar refractivity (Wildman–Crippen MR) is 170 cm³/mol. The van der Waals surface area contributed by atoms with E-state index in [0.29, 0.717) is 0 Å². The molecular weight excluding hydrogens is 596 g/mol. The summed E-state index contributed by atoms with van der Waals surface area (Å²) in [6.45, 7) is 20.7. The largest absolute Gasteiger partial charge is 0.480 e. The van der Waals surface area contributed by atoms with E-state index in [1.165, 1.54) is 20.1 Å². The van der Waals surface area contributed by atoms with E-state index in [2.05, 4.69) is 0 Å². The van der Waals surface area contributed by atoms with Gasteiger partial charge in [0, 0.05) is 33.2 Å². The van der Waals surface area contributed by atoms with E-state index in [0.717, 1.165) is 0 Å². The summed E-state index contributed by atoms with van der Waals surface area (Å²) in [6, 6.07) is -1.53. The number of piperidine rings is 3. The van der Waals surface area contributed by atoms with Crippen LogP contribution >= 0.6 is 0 Å². The quantitative estimate of drug-likeness (QED) is 0.202. The lowest BCUT2D eigenvalue weighted by Crippen LogP contribution is -2.76. The number of carbonyl (C=O) groups is 3. The maximum atomic E-state index is 14.3. The van der Waals surface area contributed by atoms with Gasteiger partial charge in [-0.3, -0.25) is 19.3 Å². The molecule has 0 aromatic carbocycles. The summed E-state index contributed by atoms with van der Waals surface area (Å²) in [6.07, 6.45) is 0.936. The van der Waals surface area contributed by atoms with E-state index in [1.807, 2.05) is 0 Å². The molecule has 13 heteroatoms. The Morgan fingerprint density at radius 1 is 0.609 bits per heavy atom. The van der Waals surface area contributed by atoms with Crippen molar-refractivity contribution in [3.05, 3.63) is 0 Å². The Morgan fingerprint density at radius 3 is 1.13 bits per heavy atom. The van der Waals surface area contributed by atoms with E-state index >= 15 is 0 Å². The topological polar surface area (TPSA) is 186 Å². The Morgan fingerprint density at radius 2 is 0.891 bits per heavy atom. The van der Waals surface area contributed by atoms with Crippen molar-refractivity contribution in [3.8, 4) is 0 Å². The average Bonchev–Trinajstić information content (AvgIpc) is 2.83. The molecule has 13 nitrogen and oxygen atoms in total. The summed E-state index contributed by atoms with van der Waals surface area (Å²) in [5, 5.41) is 70.3. The number of hydrogen-bond donors (Lipinski definition) is 6. The highest BCUT2D eigenvalue weighted by Crippen LogP contribution is 2.56. The number of carboxylic acid groups (broad SMARTS) is 3. The number of nitrogens with zero attached hydrogens (tertiary/aromatic N) is 4. The SMILES string of the molecule is CC1(C)CC(C(C(=O)O)N(CC(=O)O)C(C(=O)O)(C2CC(C)(C)N(O)C(C)(C)C2)C2CC(C)(C)N(O)C(C)(C)C2)CC(C)(C)N1O. The molecule has 3 aliphatic rings.